The Morgan fingerprint density at radius 1 is 1.67 bits per heavy atom. The molecule has 0 spiro atoms. The lowest BCUT2D eigenvalue weighted by atomic mass is 10.2. The van der Waals surface area contributed by atoms with Crippen LogP contribution in [0.25, 0.3) is 0 Å². The Labute approximate surface area is 53.8 Å². The summed E-state index contributed by atoms with van der Waals surface area (Å²) in [6.45, 7) is 0. The third-order valence-corrected chi connectivity index (χ3v) is 1.28. The van der Waals surface area contributed by atoms with Crippen molar-refractivity contribution in [2.75, 3.05) is 7.11 Å². The van der Waals surface area contributed by atoms with Gasteiger partial charge in [-0.2, -0.15) is 0 Å². The van der Waals surface area contributed by atoms with Crippen molar-refractivity contribution in [3.8, 4) is 0 Å². The number of methoxy groups -OCH3 is 1. The first-order valence-electron chi connectivity index (χ1n) is 2.75. The molecule has 0 aromatic rings. The van der Waals surface area contributed by atoms with Gasteiger partial charge in [0, 0.05) is 6.42 Å². The minimum absolute atomic E-state index is 0.653. The number of allylic oxidation sites excluding steroid dienone is 3. The van der Waals surface area contributed by atoms with Gasteiger partial charge in [0.15, 0.2) is 0 Å². The second-order valence-electron chi connectivity index (χ2n) is 1.87. The Hall–Kier alpha value is -1.05. The van der Waals surface area contributed by atoms with E-state index in [1.807, 2.05) is 6.08 Å². The van der Waals surface area contributed by atoms with Crippen LogP contribution in [0.3, 0.4) is 0 Å². The van der Waals surface area contributed by atoms with E-state index in [-0.39, 0.29) is 0 Å². The summed E-state index contributed by atoms with van der Waals surface area (Å²) >= 11 is 0. The number of hydrogen-bond donors (Lipinski definition) is 0. The highest BCUT2D eigenvalue weighted by Gasteiger charge is 2.05. The maximum absolute atomic E-state index is 10.1. The standard InChI is InChI=1S/C7H8O2/c1-9-7-3-2-6(4-7)5-8/h2-3,5H,4H2,1H3. The smallest absolute Gasteiger partial charge is 0.146 e. The van der Waals surface area contributed by atoms with Crippen LogP contribution in [0, 0.1) is 0 Å². The zero-order valence-electron chi connectivity index (χ0n) is 5.26. The second kappa shape index (κ2) is 2.49. The fourth-order valence-corrected chi connectivity index (χ4v) is 0.740. The third-order valence-electron chi connectivity index (χ3n) is 1.28. The molecule has 2 nitrogen and oxygen atoms in total. The van der Waals surface area contributed by atoms with Gasteiger partial charge in [-0.15, -0.1) is 0 Å². The van der Waals surface area contributed by atoms with Crippen LogP contribution in [0.15, 0.2) is 23.5 Å². The van der Waals surface area contributed by atoms with E-state index in [0.29, 0.717) is 6.42 Å². The van der Waals surface area contributed by atoms with Crippen LogP contribution in [0.4, 0.5) is 0 Å². The van der Waals surface area contributed by atoms with Gasteiger partial charge >= 0.3 is 0 Å². The molecule has 0 aromatic heterocycles. The SMILES string of the molecule is COC1=CC=C(C=O)C1. The van der Waals surface area contributed by atoms with E-state index >= 15 is 0 Å². The van der Waals surface area contributed by atoms with E-state index < -0.39 is 0 Å². The summed E-state index contributed by atoms with van der Waals surface area (Å²) in [4.78, 5) is 10.1. The molecule has 0 unspecified atom stereocenters. The molecule has 0 fully saturated rings. The van der Waals surface area contributed by atoms with Crippen molar-refractivity contribution in [2.24, 2.45) is 0 Å². The molecule has 1 rings (SSSR count). The van der Waals surface area contributed by atoms with Crippen LogP contribution < -0.4 is 0 Å². The van der Waals surface area contributed by atoms with Crippen molar-refractivity contribution < 1.29 is 9.53 Å². The van der Waals surface area contributed by atoms with Gasteiger partial charge in [-0.3, -0.25) is 4.79 Å². The van der Waals surface area contributed by atoms with E-state index in [9.17, 15) is 4.79 Å². The lowest BCUT2D eigenvalue weighted by Crippen LogP contribution is -1.84. The molecule has 1 aliphatic rings. The Bertz CT molecular complexity index is 177. The molecular formula is C7H8O2. The predicted molar refractivity (Wildman–Crippen MR) is 33.9 cm³/mol. The van der Waals surface area contributed by atoms with Gasteiger partial charge in [-0.25, -0.2) is 0 Å². The molecule has 0 aliphatic heterocycles. The van der Waals surface area contributed by atoms with Gasteiger partial charge in [0.2, 0.25) is 0 Å². The molecule has 2 heteroatoms. The number of ether oxygens (including phenoxy) is 1. The fraction of sp³-hybridized carbons (Fsp3) is 0.286. The number of rotatable bonds is 2. The van der Waals surface area contributed by atoms with E-state index in [0.717, 1.165) is 17.6 Å². The van der Waals surface area contributed by atoms with Crippen molar-refractivity contribution in [3.63, 3.8) is 0 Å². The van der Waals surface area contributed by atoms with Gasteiger partial charge in [-0.05, 0) is 11.6 Å². The highest BCUT2D eigenvalue weighted by molar-refractivity contribution is 5.75. The third kappa shape index (κ3) is 1.19. The molecule has 0 saturated heterocycles. The Kier molecular flexibility index (Phi) is 1.68. The molecule has 0 bridgehead atoms. The quantitative estimate of drug-likeness (QED) is 0.514. The highest BCUT2D eigenvalue weighted by Crippen LogP contribution is 2.16. The van der Waals surface area contributed by atoms with Gasteiger partial charge in [0.05, 0.1) is 7.11 Å². The first kappa shape index (κ1) is 6.08. The zero-order chi connectivity index (χ0) is 6.69. The van der Waals surface area contributed by atoms with Crippen LogP contribution in [-0.2, 0) is 9.53 Å². The molecule has 1 aliphatic carbocycles. The molecule has 0 aromatic carbocycles. The lowest BCUT2D eigenvalue weighted by molar-refractivity contribution is -0.105. The van der Waals surface area contributed by atoms with Crippen molar-refractivity contribution >= 4 is 6.29 Å². The second-order valence-corrected chi connectivity index (χ2v) is 1.87. The maximum Gasteiger partial charge on any atom is 0.146 e. The van der Waals surface area contributed by atoms with E-state index in [1.165, 1.54) is 0 Å². The van der Waals surface area contributed by atoms with Gasteiger partial charge in [0.1, 0.15) is 12.0 Å². The highest BCUT2D eigenvalue weighted by atomic mass is 16.5. The van der Waals surface area contributed by atoms with Crippen molar-refractivity contribution in [3.05, 3.63) is 23.5 Å². The molecule has 9 heavy (non-hydrogen) atoms. The fourth-order valence-electron chi connectivity index (χ4n) is 0.740. The van der Waals surface area contributed by atoms with Crippen LogP contribution in [0.2, 0.25) is 0 Å². The number of aldehydes is 1. The zero-order valence-corrected chi connectivity index (χ0v) is 5.26. The minimum atomic E-state index is 0.653. The van der Waals surface area contributed by atoms with Gasteiger partial charge in [-0.1, -0.05) is 6.08 Å². The number of carbonyl (C=O) groups is 1. The minimum Gasteiger partial charge on any atom is -0.501 e. The maximum atomic E-state index is 10.1. The summed E-state index contributed by atoms with van der Waals surface area (Å²) in [5.74, 6) is 0.858. The molecule has 0 N–H and O–H groups in total. The largest absolute Gasteiger partial charge is 0.501 e. The predicted octanol–water partition coefficient (Wildman–Crippen LogP) is 1.05. The summed E-state index contributed by atoms with van der Waals surface area (Å²) in [6, 6.07) is 0. The summed E-state index contributed by atoms with van der Waals surface area (Å²) in [5, 5.41) is 0. The van der Waals surface area contributed by atoms with Crippen LogP contribution in [-0.4, -0.2) is 13.4 Å². The van der Waals surface area contributed by atoms with E-state index in [1.54, 1.807) is 13.2 Å². The van der Waals surface area contributed by atoms with Crippen LogP contribution in [0.1, 0.15) is 6.42 Å². The lowest BCUT2D eigenvalue weighted by Gasteiger charge is -1.96. The normalized spacial score (nSPS) is 16.6. The molecule has 0 saturated carbocycles. The first-order chi connectivity index (χ1) is 4.36. The number of carbonyl (C=O) groups excluding carboxylic acids is 1. The van der Waals surface area contributed by atoms with Crippen LogP contribution in [0.5, 0.6) is 0 Å². The summed E-state index contributed by atoms with van der Waals surface area (Å²) < 4.78 is 4.89. The van der Waals surface area contributed by atoms with E-state index in [2.05, 4.69) is 0 Å². The summed E-state index contributed by atoms with van der Waals surface area (Å²) in [7, 11) is 1.60. The van der Waals surface area contributed by atoms with Gasteiger partial charge < -0.3 is 4.74 Å². The molecular weight excluding hydrogens is 116 g/mol. The Morgan fingerprint density at radius 2 is 2.44 bits per heavy atom. The van der Waals surface area contributed by atoms with E-state index in [4.69, 9.17) is 4.74 Å². The molecule has 0 atom stereocenters. The van der Waals surface area contributed by atoms with Crippen molar-refractivity contribution in [1.29, 1.82) is 0 Å². The van der Waals surface area contributed by atoms with Crippen molar-refractivity contribution in [2.45, 2.75) is 6.42 Å². The molecule has 0 amide bonds. The van der Waals surface area contributed by atoms with Gasteiger partial charge in [0.25, 0.3) is 0 Å². The molecule has 0 radical (unpaired) electrons. The Balaban J connectivity index is 2.52. The van der Waals surface area contributed by atoms with Crippen molar-refractivity contribution in [1.82, 2.24) is 0 Å². The van der Waals surface area contributed by atoms with Crippen LogP contribution >= 0.6 is 0 Å². The molecule has 0 heterocycles. The average molecular weight is 124 g/mol. The number of hydrogen-bond acceptors (Lipinski definition) is 2. The average Bonchev–Trinajstić information content (AvgIpc) is 2.34. The summed E-state index contributed by atoms with van der Waals surface area (Å²) in [5.41, 5.74) is 0.784. The monoisotopic (exact) mass is 124 g/mol. The topological polar surface area (TPSA) is 26.3 Å². The Morgan fingerprint density at radius 3 is 2.78 bits per heavy atom. The summed E-state index contributed by atoms with van der Waals surface area (Å²) in [6.07, 6.45) is 5.08. The molecule has 48 valence electrons. The first-order valence-corrected chi connectivity index (χ1v) is 2.75.